The number of allylic oxidation sites excluding steroid dienone is 2. The molecule has 134 valence electrons. The van der Waals surface area contributed by atoms with E-state index in [2.05, 4.69) is 38.3 Å². The number of benzene rings is 1. The van der Waals surface area contributed by atoms with Gasteiger partial charge < -0.3 is 15.1 Å². The average molecular weight is 386 g/mol. The van der Waals surface area contributed by atoms with Crippen LogP contribution in [0, 0.1) is 11.8 Å². The molecule has 0 spiro atoms. The van der Waals surface area contributed by atoms with E-state index >= 15 is 0 Å². The molecule has 4 rings (SSSR count). The summed E-state index contributed by atoms with van der Waals surface area (Å²) in [6, 6.07) is 7.62. The molecule has 2 atom stereocenters. The summed E-state index contributed by atoms with van der Waals surface area (Å²) in [5, 5.41) is 15.1. The van der Waals surface area contributed by atoms with Crippen LogP contribution in [0.3, 0.4) is 0 Å². The molecule has 4 nitrogen and oxygen atoms in total. The highest BCUT2D eigenvalue weighted by Gasteiger charge is 2.33. The average Bonchev–Trinajstić information content (AvgIpc) is 3.08. The first kappa shape index (κ1) is 17.4. The molecule has 1 saturated carbocycles. The van der Waals surface area contributed by atoms with Gasteiger partial charge in [0.1, 0.15) is 5.60 Å². The first-order valence-electron chi connectivity index (χ1n) is 8.69. The SMILES string of the molecule is O[C@]1(C#Cc2cccc(Cl)c2)CCC[C@@H](NC2=CC3=CNSN3C=C2)C1. The van der Waals surface area contributed by atoms with Gasteiger partial charge in [0.15, 0.2) is 0 Å². The van der Waals surface area contributed by atoms with E-state index in [1.165, 1.54) is 0 Å². The molecule has 6 heteroatoms. The quantitative estimate of drug-likeness (QED) is 0.535. The Morgan fingerprint density at radius 1 is 1.42 bits per heavy atom. The molecule has 1 aromatic rings. The number of nitrogens with zero attached hydrogens (tertiary/aromatic N) is 1. The summed E-state index contributed by atoms with van der Waals surface area (Å²) in [6.45, 7) is 0. The van der Waals surface area contributed by atoms with Crippen molar-refractivity contribution in [3.05, 3.63) is 70.8 Å². The smallest absolute Gasteiger partial charge is 0.127 e. The molecule has 0 radical (unpaired) electrons. The zero-order chi connectivity index (χ0) is 18.0. The molecular formula is C20H20ClN3OS. The second kappa shape index (κ2) is 7.32. The van der Waals surface area contributed by atoms with Crippen molar-refractivity contribution in [2.24, 2.45) is 0 Å². The first-order valence-corrected chi connectivity index (χ1v) is 9.84. The van der Waals surface area contributed by atoms with Gasteiger partial charge in [-0.25, -0.2) is 0 Å². The van der Waals surface area contributed by atoms with Crippen LogP contribution in [0.5, 0.6) is 0 Å². The van der Waals surface area contributed by atoms with Gasteiger partial charge in [0.25, 0.3) is 0 Å². The number of halogens is 1. The van der Waals surface area contributed by atoms with E-state index in [1.807, 2.05) is 36.7 Å². The standard InChI is InChI=1S/C20H20ClN3OS/c21-16-4-1-3-15(11-16)6-9-20(25)8-2-5-18(13-20)23-17-7-10-24-19(12-17)14-22-26-24/h1,3-4,7,10-12,14,18,22-23,25H,2,5,8,13H2/t18-,20+/m1/s1. The third kappa shape index (κ3) is 4.04. The minimum atomic E-state index is -0.965. The Morgan fingerprint density at radius 2 is 2.35 bits per heavy atom. The molecule has 0 bridgehead atoms. The monoisotopic (exact) mass is 385 g/mol. The largest absolute Gasteiger partial charge is 0.382 e. The number of aliphatic hydroxyl groups is 1. The Balaban J connectivity index is 1.43. The fraction of sp³-hybridized carbons (Fsp3) is 0.300. The lowest BCUT2D eigenvalue weighted by molar-refractivity contribution is 0.0486. The normalized spacial score (nSPS) is 26.8. The van der Waals surface area contributed by atoms with E-state index in [0.29, 0.717) is 17.9 Å². The highest BCUT2D eigenvalue weighted by molar-refractivity contribution is 7.95. The maximum absolute atomic E-state index is 10.9. The molecule has 1 aliphatic carbocycles. The maximum atomic E-state index is 10.9. The number of hydrogen-bond donors (Lipinski definition) is 3. The molecule has 0 amide bonds. The number of hydrogen-bond acceptors (Lipinski definition) is 5. The molecule has 2 aliphatic heterocycles. The summed E-state index contributed by atoms with van der Waals surface area (Å²) in [7, 11) is 0. The summed E-state index contributed by atoms with van der Waals surface area (Å²) < 4.78 is 5.20. The lowest BCUT2D eigenvalue weighted by atomic mass is 9.82. The van der Waals surface area contributed by atoms with E-state index < -0.39 is 5.60 Å². The second-order valence-electron chi connectivity index (χ2n) is 6.75. The summed E-state index contributed by atoms with van der Waals surface area (Å²) in [5.74, 6) is 6.16. The topological polar surface area (TPSA) is 47.5 Å². The van der Waals surface area contributed by atoms with Gasteiger partial charge in [0.05, 0.1) is 17.8 Å². The van der Waals surface area contributed by atoms with Crippen molar-refractivity contribution < 1.29 is 5.11 Å². The summed E-state index contributed by atoms with van der Waals surface area (Å²) >= 11 is 7.55. The van der Waals surface area contributed by atoms with Gasteiger partial charge in [-0.1, -0.05) is 29.5 Å². The third-order valence-electron chi connectivity index (χ3n) is 4.67. The van der Waals surface area contributed by atoms with Crippen LogP contribution in [0.2, 0.25) is 5.02 Å². The van der Waals surface area contributed by atoms with Crippen molar-refractivity contribution in [3.63, 3.8) is 0 Å². The van der Waals surface area contributed by atoms with E-state index in [4.69, 9.17) is 11.6 Å². The van der Waals surface area contributed by atoms with Crippen LogP contribution in [0.4, 0.5) is 0 Å². The van der Waals surface area contributed by atoms with Crippen molar-refractivity contribution in [1.29, 1.82) is 0 Å². The van der Waals surface area contributed by atoms with Gasteiger partial charge in [-0.15, -0.1) is 0 Å². The van der Waals surface area contributed by atoms with Gasteiger partial charge in [0.2, 0.25) is 0 Å². The van der Waals surface area contributed by atoms with Crippen LogP contribution in [-0.2, 0) is 0 Å². The fourth-order valence-electron chi connectivity index (χ4n) is 3.41. The second-order valence-corrected chi connectivity index (χ2v) is 8.00. The molecule has 26 heavy (non-hydrogen) atoms. The highest BCUT2D eigenvalue weighted by Crippen LogP contribution is 2.31. The minimum Gasteiger partial charge on any atom is -0.382 e. The highest BCUT2D eigenvalue weighted by atomic mass is 35.5. The van der Waals surface area contributed by atoms with Gasteiger partial charge in [-0.3, -0.25) is 4.31 Å². The van der Waals surface area contributed by atoms with E-state index in [9.17, 15) is 5.11 Å². The van der Waals surface area contributed by atoms with Crippen LogP contribution in [0.15, 0.2) is 60.2 Å². The Bertz CT molecular complexity index is 854. The van der Waals surface area contributed by atoms with Crippen LogP contribution in [-0.4, -0.2) is 21.1 Å². The lowest BCUT2D eigenvalue weighted by Crippen LogP contribution is -2.42. The molecule has 1 aromatic carbocycles. The Morgan fingerprint density at radius 3 is 3.23 bits per heavy atom. The van der Waals surface area contributed by atoms with Crippen molar-refractivity contribution >= 4 is 23.7 Å². The lowest BCUT2D eigenvalue weighted by Gasteiger charge is -2.34. The Hall–Kier alpha value is -2.00. The van der Waals surface area contributed by atoms with E-state index in [-0.39, 0.29) is 6.04 Å². The number of fused-ring (bicyclic) bond motifs is 1. The molecular weight excluding hydrogens is 366 g/mol. The maximum Gasteiger partial charge on any atom is 0.127 e. The number of rotatable bonds is 2. The fourth-order valence-corrected chi connectivity index (χ4v) is 4.22. The Labute approximate surface area is 163 Å². The Kier molecular flexibility index (Phi) is 4.90. The molecule has 0 aromatic heterocycles. The molecule has 3 N–H and O–H groups in total. The zero-order valence-electron chi connectivity index (χ0n) is 14.2. The van der Waals surface area contributed by atoms with Crippen molar-refractivity contribution in [2.75, 3.05) is 0 Å². The summed E-state index contributed by atoms with van der Waals surface area (Å²) in [5.41, 5.74) is 2.05. The summed E-state index contributed by atoms with van der Waals surface area (Å²) in [4.78, 5) is 0. The molecule has 0 saturated heterocycles. The van der Waals surface area contributed by atoms with Crippen molar-refractivity contribution in [2.45, 2.75) is 37.3 Å². The van der Waals surface area contributed by atoms with E-state index in [0.717, 1.165) is 29.8 Å². The van der Waals surface area contributed by atoms with Crippen LogP contribution in [0.1, 0.15) is 31.2 Å². The van der Waals surface area contributed by atoms with Gasteiger partial charge in [0, 0.05) is 41.1 Å². The zero-order valence-corrected chi connectivity index (χ0v) is 15.8. The van der Waals surface area contributed by atoms with E-state index in [1.54, 1.807) is 12.1 Å². The minimum absolute atomic E-state index is 0.201. The van der Waals surface area contributed by atoms with Crippen molar-refractivity contribution in [3.8, 4) is 11.8 Å². The van der Waals surface area contributed by atoms with Crippen molar-refractivity contribution in [1.82, 2.24) is 14.3 Å². The molecule has 1 fully saturated rings. The molecule has 0 unspecified atom stereocenters. The third-order valence-corrected chi connectivity index (χ3v) is 5.65. The van der Waals surface area contributed by atoms with Crippen LogP contribution >= 0.6 is 23.7 Å². The van der Waals surface area contributed by atoms with Crippen LogP contribution in [0.25, 0.3) is 0 Å². The van der Waals surface area contributed by atoms with Gasteiger partial charge >= 0.3 is 0 Å². The summed E-state index contributed by atoms with van der Waals surface area (Å²) in [6.07, 6.45) is 11.5. The van der Waals surface area contributed by atoms with Gasteiger partial charge in [-0.05, 0) is 49.6 Å². The number of nitrogens with one attached hydrogen (secondary N) is 2. The predicted octanol–water partition coefficient (Wildman–Crippen LogP) is 3.68. The molecule has 2 heterocycles. The van der Waals surface area contributed by atoms with Crippen LogP contribution < -0.4 is 10.0 Å². The predicted molar refractivity (Wildman–Crippen MR) is 107 cm³/mol. The molecule has 3 aliphatic rings. The van der Waals surface area contributed by atoms with Gasteiger partial charge in [-0.2, -0.15) is 0 Å². The first-order chi connectivity index (χ1) is 12.6.